The topological polar surface area (TPSA) is 81.5 Å². The highest BCUT2D eigenvalue weighted by molar-refractivity contribution is 5.78. The molecule has 6 nitrogen and oxygen atoms in total. The van der Waals surface area contributed by atoms with Crippen molar-refractivity contribution < 1.29 is 14.5 Å². The fourth-order valence-electron chi connectivity index (χ4n) is 3.53. The first-order chi connectivity index (χ1) is 12.0. The Morgan fingerprint density at radius 3 is 2.28 bits per heavy atom. The van der Waals surface area contributed by atoms with Crippen molar-refractivity contribution in [2.45, 2.75) is 31.0 Å². The number of esters is 1. The van der Waals surface area contributed by atoms with E-state index >= 15 is 0 Å². The van der Waals surface area contributed by atoms with Crippen molar-refractivity contribution in [1.29, 1.82) is 0 Å². The number of benzene rings is 2. The van der Waals surface area contributed by atoms with Crippen LogP contribution in [0.2, 0.25) is 0 Å². The number of carbonyl (C=O) groups is 1. The molecule has 130 valence electrons. The second-order valence-electron chi connectivity index (χ2n) is 6.27. The Kier molecular flexibility index (Phi) is 4.81. The monoisotopic (exact) mass is 340 g/mol. The summed E-state index contributed by atoms with van der Waals surface area (Å²) in [7, 11) is 1.30. The Morgan fingerprint density at radius 1 is 1.08 bits per heavy atom. The Bertz CT molecular complexity index is 761. The summed E-state index contributed by atoms with van der Waals surface area (Å²) in [5.74, 6) is -1.09. The van der Waals surface area contributed by atoms with Crippen LogP contribution in [0, 0.1) is 17.0 Å². The van der Waals surface area contributed by atoms with Crippen LogP contribution in [0.4, 0.5) is 0 Å². The van der Waals surface area contributed by atoms with Crippen molar-refractivity contribution in [3.63, 3.8) is 0 Å². The molecule has 1 aliphatic heterocycles. The van der Waals surface area contributed by atoms with Crippen LogP contribution in [0.5, 0.6) is 0 Å². The Labute approximate surface area is 146 Å². The van der Waals surface area contributed by atoms with Gasteiger partial charge in [0.2, 0.25) is 6.04 Å². The molecule has 25 heavy (non-hydrogen) atoms. The van der Waals surface area contributed by atoms with E-state index in [4.69, 9.17) is 4.74 Å². The summed E-state index contributed by atoms with van der Waals surface area (Å²) in [5, 5.41) is 15.0. The Morgan fingerprint density at radius 2 is 1.72 bits per heavy atom. The van der Waals surface area contributed by atoms with Gasteiger partial charge in [0, 0.05) is 4.92 Å². The van der Waals surface area contributed by atoms with E-state index < -0.39 is 30.0 Å². The van der Waals surface area contributed by atoms with Crippen LogP contribution in [0.25, 0.3) is 0 Å². The predicted octanol–water partition coefficient (Wildman–Crippen LogP) is 2.61. The van der Waals surface area contributed by atoms with Crippen molar-refractivity contribution in [2.75, 3.05) is 7.11 Å². The van der Waals surface area contributed by atoms with Crippen LogP contribution >= 0.6 is 0 Å². The van der Waals surface area contributed by atoms with Crippen molar-refractivity contribution in [1.82, 2.24) is 5.32 Å². The molecule has 2 aromatic rings. The maximum atomic E-state index is 12.3. The molecule has 0 spiro atoms. The van der Waals surface area contributed by atoms with E-state index in [0.717, 1.165) is 16.7 Å². The largest absolute Gasteiger partial charge is 0.468 e. The number of nitrogens with zero attached hydrogens (tertiary/aromatic N) is 1. The van der Waals surface area contributed by atoms with Gasteiger partial charge in [0.1, 0.15) is 12.1 Å². The predicted molar refractivity (Wildman–Crippen MR) is 92.8 cm³/mol. The Balaban J connectivity index is 2.08. The zero-order valence-electron chi connectivity index (χ0n) is 14.1. The number of hydrogen-bond acceptors (Lipinski definition) is 5. The molecule has 1 aliphatic rings. The van der Waals surface area contributed by atoms with E-state index in [1.165, 1.54) is 7.11 Å². The minimum atomic E-state index is -0.964. The van der Waals surface area contributed by atoms with Gasteiger partial charge in [-0.15, -0.1) is 0 Å². The van der Waals surface area contributed by atoms with Crippen LogP contribution < -0.4 is 5.32 Å². The fraction of sp³-hybridized carbons (Fsp3) is 0.316. The van der Waals surface area contributed by atoms with Crippen molar-refractivity contribution in [3.05, 3.63) is 81.4 Å². The van der Waals surface area contributed by atoms with E-state index in [1.54, 1.807) is 0 Å². The van der Waals surface area contributed by atoms with Gasteiger partial charge in [-0.05, 0) is 18.1 Å². The van der Waals surface area contributed by atoms with Gasteiger partial charge in [-0.3, -0.25) is 20.2 Å². The van der Waals surface area contributed by atoms with E-state index in [1.807, 2.05) is 61.5 Å². The van der Waals surface area contributed by atoms with Crippen molar-refractivity contribution in [2.24, 2.45) is 0 Å². The number of ether oxygens (including phenoxy) is 1. The molecule has 2 aromatic carbocycles. The molecule has 0 aromatic heterocycles. The zero-order chi connectivity index (χ0) is 18.0. The average Bonchev–Trinajstić information content (AvgIpc) is 3.03. The number of rotatable bonds is 4. The molecule has 1 saturated heterocycles. The molecule has 4 atom stereocenters. The lowest BCUT2D eigenvalue weighted by Crippen LogP contribution is -2.37. The molecule has 0 unspecified atom stereocenters. The zero-order valence-corrected chi connectivity index (χ0v) is 14.1. The SMILES string of the molecule is COC(=O)[C@@H]1N[C@H](c2ccccc2)[C@@H]([N+](=O)[O-])[C@@H]1c1ccc(C)cc1. The van der Waals surface area contributed by atoms with E-state index in [9.17, 15) is 14.9 Å². The first-order valence-electron chi connectivity index (χ1n) is 8.12. The number of nitrogens with one attached hydrogen (secondary N) is 1. The third-order valence-corrected chi connectivity index (χ3v) is 4.75. The molecule has 0 saturated carbocycles. The van der Waals surface area contributed by atoms with Crippen LogP contribution in [-0.4, -0.2) is 30.1 Å². The first-order valence-corrected chi connectivity index (χ1v) is 8.12. The summed E-state index contributed by atoms with van der Waals surface area (Å²) in [6.45, 7) is 1.95. The van der Waals surface area contributed by atoms with Crippen LogP contribution in [0.15, 0.2) is 54.6 Å². The average molecular weight is 340 g/mol. The highest BCUT2D eigenvalue weighted by Gasteiger charge is 2.54. The number of nitro groups is 1. The second-order valence-corrected chi connectivity index (χ2v) is 6.27. The van der Waals surface area contributed by atoms with E-state index in [-0.39, 0.29) is 4.92 Å². The molecule has 0 radical (unpaired) electrons. The molecule has 3 rings (SSSR count). The standard InChI is InChI=1S/C19H20N2O4/c1-12-8-10-13(11-9-12)15-17(19(22)25-2)20-16(18(15)21(23)24)14-6-4-3-5-7-14/h3-11,15-18,20H,1-2H3/t15-,16-,17-,18+/m1/s1. The third kappa shape index (κ3) is 3.25. The summed E-state index contributed by atoms with van der Waals surface area (Å²) in [6.07, 6.45) is 0. The van der Waals surface area contributed by atoms with Crippen LogP contribution in [-0.2, 0) is 9.53 Å². The van der Waals surface area contributed by atoms with Crippen LogP contribution in [0.3, 0.4) is 0 Å². The van der Waals surface area contributed by atoms with Crippen LogP contribution in [0.1, 0.15) is 28.7 Å². The quantitative estimate of drug-likeness (QED) is 0.526. The van der Waals surface area contributed by atoms with E-state index in [2.05, 4.69) is 5.32 Å². The summed E-state index contributed by atoms with van der Waals surface area (Å²) < 4.78 is 4.90. The summed E-state index contributed by atoms with van der Waals surface area (Å²) in [4.78, 5) is 23.9. The summed E-state index contributed by atoms with van der Waals surface area (Å²) in [5.41, 5.74) is 2.60. The third-order valence-electron chi connectivity index (χ3n) is 4.75. The molecule has 6 heteroatoms. The number of aryl methyl sites for hydroxylation is 1. The lowest BCUT2D eigenvalue weighted by atomic mass is 9.85. The lowest BCUT2D eigenvalue weighted by Gasteiger charge is -2.19. The molecular weight excluding hydrogens is 320 g/mol. The maximum Gasteiger partial charge on any atom is 0.323 e. The van der Waals surface area contributed by atoms with Gasteiger partial charge in [-0.25, -0.2) is 0 Å². The fourth-order valence-corrected chi connectivity index (χ4v) is 3.53. The molecule has 0 bridgehead atoms. The van der Waals surface area contributed by atoms with Gasteiger partial charge in [0.15, 0.2) is 0 Å². The smallest absolute Gasteiger partial charge is 0.323 e. The Hall–Kier alpha value is -2.73. The van der Waals surface area contributed by atoms with Crippen molar-refractivity contribution >= 4 is 5.97 Å². The first kappa shape index (κ1) is 17.1. The molecule has 0 amide bonds. The molecule has 1 N–H and O–H groups in total. The molecular formula is C19H20N2O4. The minimum Gasteiger partial charge on any atom is -0.468 e. The molecule has 1 heterocycles. The summed E-state index contributed by atoms with van der Waals surface area (Å²) >= 11 is 0. The van der Waals surface area contributed by atoms with Gasteiger partial charge >= 0.3 is 5.97 Å². The lowest BCUT2D eigenvalue weighted by molar-refractivity contribution is -0.527. The molecule has 1 fully saturated rings. The van der Waals surface area contributed by atoms with Gasteiger partial charge in [-0.1, -0.05) is 60.2 Å². The maximum absolute atomic E-state index is 12.3. The highest BCUT2D eigenvalue weighted by atomic mass is 16.6. The van der Waals surface area contributed by atoms with Gasteiger partial charge in [-0.2, -0.15) is 0 Å². The van der Waals surface area contributed by atoms with Gasteiger partial charge in [0.25, 0.3) is 0 Å². The second kappa shape index (κ2) is 7.03. The molecule has 0 aliphatic carbocycles. The van der Waals surface area contributed by atoms with Gasteiger partial charge in [0.05, 0.1) is 13.0 Å². The van der Waals surface area contributed by atoms with Gasteiger partial charge < -0.3 is 4.74 Å². The minimum absolute atomic E-state index is 0.294. The number of hydrogen-bond donors (Lipinski definition) is 1. The van der Waals surface area contributed by atoms with Crippen molar-refractivity contribution in [3.8, 4) is 0 Å². The summed E-state index contributed by atoms with van der Waals surface area (Å²) in [6, 6.07) is 14.4. The highest BCUT2D eigenvalue weighted by Crippen LogP contribution is 2.40. The normalized spacial score (nSPS) is 25.5. The number of carbonyl (C=O) groups excluding carboxylic acids is 1. The number of methoxy groups -OCH3 is 1. The van der Waals surface area contributed by atoms with E-state index in [0.29, 0.717) is 0 Å².